The lowest BCUT2D eigenvalue weighted by molar-refractivity contribution is 0.0602. The molecular weight excluding hydrogens is 243 g/mol. The topological polar surface area (TPSA) is 54.5 Å². The summed E-state index contributed by atoms with van der Waals surface area (Å²) in [5.74, 6) is -0.511. The maximum atomic E-state index is 11.0. The number of ether oxygens (including phenoxy) is 1. The van der Waals surface area contributed by atoms with Gasteiger partial charge >= 0.3 is 18.9 Å². The molecule has 0 amide bonds. The van der Waals surface area contributed by atoms with Gasteiger partial charge in [-0.15, -0.1) is 0 Å². The molecule has 0 saturated heterocycles. The number of carbonyl (C=O) groups is 1. The Morgan fingerprint density at radius 1 is 1.29 bits per heavy atom. The van der Waals surface area contributed by atoms with E-state index >= 15 is 0 Å². The molecule has 0 spiro atoms. The van der Waals surface area contributed by atoms with E-state index in [0.29, 0.717) is 0 Å². The summed E-state index contributed by atoms with van der Waals surface area (Å²) in [5.41, 5.74) is 0.465. The highest BCUT2D eigenvalue weighted by molar-refractivity contribution is 6.50. The molecule has 0 saturated carbocycles. The Labute approximate surface area is 93.9 Å². The first-order valence-corrected chi connectivity index (χ1v) is 4.19. The van der Waals surface area contributed by atoms with Crippen LogP contribution >= 0.6 is 0 Å². The Balaban J connectivity index is 0.000000437. The molecular formula is C8H7BF4N2O2. The van der Waals surface area contributed by atoms with E-state index in [0.717, 1.165) is 0 Å². The lowest BCUT2D eigenvalue weighted by atomic mass is 10.2. The van der Waals surface area contributed by atoms with E-state index in [1.54, 1.807) is 12.1 Å². The van der Waals surface area contributed by atoms with E-state index in [4.69, 9.17) is 5.39 Å². The Hall–Kier alpha value is -2.11. The molecule has 0 radical (unpaired) electrons. The van der Waals surface area contributed by atoms with Crippen molar-refractivity contribution in [2.24, 2.45) is 0 Å². The third kappa shape index (κ3) is 6.89. The number of rotatable bonds is 1. The van der Waals surface area contributed by atoms with Crippen molar-refractivity contribution < 1.29 is 26.8 Å². The summed E-state index contributed by atoms with van der Waals surface area (Å²) >= 11 is 0. The fraction of sp³-hybridized carbons (Fsp3) is 0.125. The fourth-order valence-corrected chi connectivity index (χ4v) is 0.843. The first-order chi connectivity index (χ1) is 7.79. The summed E-state index contributed by atoms with van der Waals surface area (Å²) < 4.78 is 43.5. The minimum Gasteiger partial charge on any atom is -0.465 e. The molecule has 1 aromatic rings. The molecule has 9 heteroatoms. The third-order valence-electron chi connectivity index (χ3n) is 1.42. The molecule has 0 unspecified atom stereocenters. The van der Waals surface area contributed by atoms with Crippen LogP contribution in [0.1, 0.15) is 10.4 Å². The van der Waals surface area contributed by atoms with Crippen LogP contribution in [0.4, 0.5) is 23.0 Å². The van der Waals surface area contributed by atoms with Crippen LogP contribution in [0.2, 0.25) is 0 Å². The lowest BCUT2D eigenvalue weighted by Gasteiger charge is -1.94. The Bertz CT molecular complexity index is 424. The molecule has 0 aromatic heterocycles. The van der Waals surface area contributed by atoms with Gasteiger partial charge in [-0.05, 0) is 6.07 Å². The average molecular weight is 250 g/mol. The predicted octanol–water partition coefficient (Wildman–Crippen LogP) is 3.26. The monoisotopic (exact) mass is 250 g/mol. The minimum absolute atomic E-state index is 0.212. The van der Waals surface area contributed by atoms with Crippen LogP contribution in [0.5, 0.6) is 0 Å². The number of carbonyl (C=O) groups excluding carboxylic acids is 1. The number of halogens is 4. The van der Waals surface area contributed by atoms with Crippen molar-refractivity contribution >= 4 is 18.9 Å². The lowest BCUT2D eigenvalue weighted by Crippen LogP contribution is -2.02. The molecule has 0 aliphatic rings. The second-order valence-electron chi connectivity index (χ2n) is 2.60. The number of hydrogen-bond acceptors (Lipinski definition) is 3. The van der Waals surface area contributed by atoms with E-state index < -0.39 is 13.2 Å². The van der Waals surface area contributed by atoms with Gasteiger partial charge in [0.05, 0.1) is 7.11 Å². The molecule has 1 aromatic carbocycles. The van der Waals surface area contributed by atoms with Gasteiger partial charge in [0.2, 0.25) is 5.39 Å². The van der Waals surface area contributed by atoms with Gasteiger partial charge in [0.1, 0.15) is 0 Å². The summed E-state index contributed by atoms with van der Waals surface area (Å²) in [6, 6.07) is 6.38. The van der Waals surface area contributed by atoms with Crippen molar-refractivity contribution in [1.29, 1.82) is 5.39 Å². The maximum absolute atomic E-state index is 11.0. The second-order valence-corrected chi connectivity index (χ2v) is 2.60. The molecule has 4 nitrogen and oxygen atoms in total. The van der Waals surface area contributed by atoms with E-state index in [9.17, 15) is 22.1 Å². The van der Waals surface area contributed by atoms with Gasteiger partial charge in [-0.3, -0.25) is 0 Å². The van der Waals surface area contributed by atoms with Crippen molar-refractivity contribution in [2.45, 2.75) is 0 Å². The zero-order valence-electron chi connectivity index (χ0n) is 8.61. The number of benzene rings is 1. The minimum atomic E-state index is -6.00. The van der Waals surface area contributed by atoms with Crippen LogP contribution in [0.15, 0.2) is 24.3 Å². The fourth-order valence-electron chi connectivity index (χ4n) is 0.843. The van der Waals surface area contributed by atoms with Crippen LogP contribution in [0.25, 0.3) is 4.98 Å². The predicted molar refractivity (Wildman–Crippen MR) is 52.7 cm³/mol. The highest BCUT2D eigenvalue weighted by atomic mass is 19.5. The summed E-state index contributed by atoms with van der Waals surface area (Å²) in [6.07, 6.45) is 0. The molecule has 0 atom stereocenters. The highest BCUT2D eigenvalue weighted by Gasteiger charge is 2.20. The largest absolute Gasteiger partial charge is 0.673 e. The Morgan fingerprint density at radius 3 is 2.18 bits per heavy atom. The van der Waals surface area contributed by atoms with Gasteiger partial charge in [-0.2, -0.15) is 0 Å². The first-order valence-electron chi connectivity index (χ1n) is 4.19. The number of methoxy groups -OCH3 is 1. The SMILES string of the molecule is COC(=O)c1ccccc1[N+]#N.F[B-](F)(F)F. The molecule has 0 heterocycles. The summed E-state index contributed by atoms with van der Waals surface area (Å²) in [5, 5.41) is 8.48. The van der Waals surface area contributed by atoms with Crippen molar-refractivity contribution in [2.75, 3.05) is 7.11 Å². The normalized spacial score (nSPS) is 9.65. The molecule has 92 valence electrons. The smallest absolute Gasteiger partial charge is 0.465 e. The van der Waals surface area contributed by atoms with Gasteiger partial charge in [0.25, 0.3) is 0 Å². The number of hydrogen-bond donors (Lipinski definition) is 0. The summed E-state index contributed by atoms with van der Waals surface area (Å²) in [7, 11) is -4.73. The zero-order valence-corrected chi connectivity index (χ0v) is 8.61. The maximum Gasteiger partial charge on any atom is 0.673 e. The number of nitrogens with zero attached hydrogens (tertiary/aromatic N) is 2. The second kappa shape index (κ2) is 6.47. The van der Waals surface area contributed by atoms with Gasteiger partial charge < -0.3 is 22.0 Å². The van der Waals surface area contributed by atoms with Crippen molar-refractivity contribution in [3.63, 3.8) is 0 Å². The van der Waals surface area contributed by atoms with Crippen molar-refractivity contribution in [3.8, 4) is 0 Å². The highest BCUT2D eigenvalue weighted by Crippen LogP contribution is 2.18. The van der Waals surface area contributed by atoms with Gasteiger partial charge in [-0.25, -0.2) is 4.79 Å². The molecule has 0 aliphatic heterocycles. The van der Waals surface area contributed by atoms with Crippen molar-refractivity contribution in [1.82, 2.24) is 0 Å². The average Bonchev–Trinajstić information content (AvgIpc) is 2.25. The molecule has 0 N–H and O–H groups in total. The quantitative estimate of drug-likeness (QED) is 0.332. The van der Waals surface area contributed by atoms with Gasteiger partial charge in [0.15, 0.2) is 10.5 Å². The third-order valence-corrected chi connectivity index (χ3v) is 1.42. The summed E-state index contributed by atoms with van der Waals surface area (Å²) in [4.78, 5) is 13.9. The van der Waals surface area contributed by atoms with E-state index in [2.05, 4.69) is 9.71 Å². The summed E-state index contributed by atoms with van der Waals surface area (Å²) in [6.45, 7) is 0. The number of diazo groups is 1. The van der Waals surface area contributed by atoms with E-state index in [1.807, 2.05) is 0 Å². The molecule has 0 aliphatic carbocycles. The van der Waals surface area contributed by atoms with Crippen LogP contribution < -0.4 is 0 Å². The van der Waals surface area contributed by atoms with Crippen LogP contribution in [0, 0.1) is 5.39 Å². The van der Waals surface area contributed by atoms with Gasteiger partial charge in [-0.1, -0.05) is 12.1 Å². The molecule has 17 heavy (non-hydrogen) atoms. The molecule has 1 rings (SSSR count). The van der Waals surface area contributed by atoms with Crippen LogP contribution in [-0.2, 0) is 4.74 Å². The van der Waals surface area contributed by atoms with Crippen molar-refractivity contribution in [3.05, 3.63) is 34.8 Å². The molecule has 0 fully saturated rings. The van der Waals surface area contributed by atoms with Crippen LogP contribution in [0.3, 0.4) is 0 Å². The Morgan fingerprint density at radius 2 is 1.76 bits per heavy atom. The van der Waals surface area contributed by atoms with E-state index in [1.165, 1.54) is 19.2 Å². The zero-order chi connectivity index (χ0) is 13.5. The van der Waals surface area contributed by atoms with Gasteiger partial charge in [0, 0.05) is 6.07 Å². The standard InChI is InChI=1S/C8H7N2O2.BF4/c1-12-8(11)6-4-2-3-5-7(6)10-9;2-1(3,4)5/h2-5H,1H3;/q+1;-1. The first kappa shape index (κ1) is 14.9. The van der Waals surface area contributed by atoms with E-state index in [-0.39, 0.29) is 11.3 Å². The molecule has 0 bridgehead atoms. The Kier molecular flexibility index (Phi) is 5.67. The number of esters is 1. The van der Waals surface area contributed by atoms with Crippen LogP contribution in [-0.4, -0.2) is 20.3 Å².